The Kier molecular flexibility index (Phi) is 3.00. The Labute approximate surface area is 74.5 Å². The van der Waals surface area contributed by atoms with Crippen LogP contribution in [0.15, 0.2) is 28.7 Å². The molecule has 0 radical (unpaired) electrons. The molecule has 0 unspecified atom stereocenters. The molecule has 1 aromatic carbocycles. The van der Waals surface area contributed by atoms with E-state index in [0.717, 1.165) is 10.2 Å². The minimum absolute atomic E-state index is 0.752. The molecule has 0 aliphatic heterocycles. The van der Waals surface area contributed by atoms with Gasteiger partial charge in [-0.1, -0.05) is 18.1 Å². The molecule has 0 aromatic heterocycles. The summed E-state index contributed by atoms with van der Waals surface area (Å²) in [4.78, 5) is 0. The maximum absolute atomic E-state index is 5.08. The molecule has 0 fully saturated rings. The quantitative estimate of drug-likeness (QED) is 0.649. The van der Waals surface area contributed by atoms with Crippen molar-refractivity contribution < 1.29 is 4.74 Å². The Morgan fingerprint density at radius 2 is 2.09 bits per heavy atom. The van der Waals surface area contributed by atoms with Crippen LogP contribution in [-0.4, -0.2) is 0 Å². The molecule has 0 amide bonds. The van der Waals surface area contributed by atoms with Gasteiger partial charge in [-0.05, 0) is 28.1 Å². The number of para-hydroxylation sites is 1. The SMILES string of the molecule is CC#COc1ccccc1Br. The molecule has 56 valence electrons. The van der Waals surface area contributed by atoms with Crippen LogP contribution in [0.25, 0.3) is 0 Å². The van der Waals surface area contributed by atoms with E-state index in [1.165, 1.54) is 0 Å². The van der Waals surface area contributed by atoms with E-state index >= 15 is 0 Å². The normalized spacial score (nSPS) is 8.18. The molecule has 0 atom stereocenters. The number of benzene rings is 1. The summed E-state index contributed by atoms with van der Waals surface area (Å²) in [7, 11) is 0. The minimum Gasteiger partial charge on any atom is -0.406 e. The van der Waals surface area contributed by atoms with Gasteiger partial charge < -0.3 is 4.74 Å². The predicted molar refractivity (Wildman–Crippen MR) is 48.2 cm³/mol. The molecule has 0 aliphatic rings. The molecule has 0 aliphatic carbocycles. The van der Waals surface area contributed by atoms with Crippen LogP contribution in [0, 0.1) is 12.0 Å². The molecule has 1 rings (SSSR count). The molecule has 0 spiro atoms. The summed E-state index contributed by atoms with van der Waals surface area (Å²) in [6.45, 7) is 1.73. The minimum atomic E-state index is 0.752. The lowest BCUT2D eigenvalue weighted by atomic mass is 10.3. The first kappa shape index (κ1) is 8.16. The fraction of sp³-hybridized carbons (Fsp3) is 0.111. The van der Waals surface area contributed by atoms with Crippen LogP contribution in [-0.2, 0) is 0 Å². The van der Waals surface area contributed by atoms with Gasteiger partial charge in [-0.15, -0.1) is 0 Å². The number of hydrogen-bond donors (Lipinski definition) is 0. The van der Waals surface area contributed by atoms with Crippen molar-refractivity contribution in [1.29, 1.82) is 0 Å². The highest BCUT2D eigenvalue weighted by Gasteiger charge is 1.95. The van der Waals surface area contributed by atoms with Gasteiger partial charge in [0.15, 0.2) is 5.75 Å². The third-order valence-corrected chi connectivity index (χ3v) is 1.75. The second-order valence-electron chi connectivity index (χ2n) is 1.88. The van der Waals surface area contributed by atoms with E-state index in [4.69, 9.17) is 4.74 Å². The van der Waals surface area contributed by atoms with Crippen molar-refractivity contribution >= 4 is 15.9 Å². The topological polar surface area (TPSA) is 9.23 Å². The zero-order valence-corrected chi connectivity index (χ0v) is 7.68. The molecule has 11 heavy (non-hydrogen) atoms. The Hall–Kier alpha value is -0.940. The Morgan fingerprint density at radius 3 is 2.73 bits per heavy atom. The van der Waals surface area contributed by atoms with Gasteiger partial charge in [0.1, 0.15) is 6.11 Å². The van der Waals surface area contributed by atoms with Crippen LogP contribution in [0.2, 0.25) is 0 Å². The maximum Gasteiger partial charge on any atom is 0.154 e. The zero-order valence-electron chi connectivity index (χ0n) is 6.10. The average molecular weight is 211 g/mol. The van der Waals surface area contributed by atoms with Crippen molar-refractivity contribution in [2.45, 2.75) is 6.92 Å². The van der Waals surface area contributed by atoms with Crippen LogP contribution in [0.1, 0.15) is 6.92 Å². The fourth-order valence-electron chi connectivity index (χ4n) is 0.634. The van der Waals surface area contributed by atoms with Gasteiger partial charge in [0.05, 0.1) is 4.47 Å². The molecule has 1 nitrogen and oxygen atoms in total. The smallest absolute Gasteiger partial charge is 0.154 e. The maximum atomic E-state index is 5.08. The highest BCUT2D eigenvalue weighted by atomic mass is 79.9. The first-order chi connectivity index (χ1) is 5.34. The molecule has 0 saturated heterocycles. The molecule has 0 N–H and O–H groups in total. The molecular formula is C9H7BrO. The zero-order chi connectivity index (χ0) is 8.10. The highest BCUT2D eigenvalue weighted by molar-refractivity contribution is 9.10. The van der Waals surface area contributed by atoms with Gasteiger partial charge in [0, 0.05) is 6.92 Å². The summed E-state index contributed by atoms with van der Waals surface area (Å²) >= 11 is 3.33. The van der Waals surface area contributed by atoms with E-state index in [-0.39, 0.29) is 0 Å². The number of ether oxygens (including phenoxy) is 1. The Balaban J connectivity index is 2.83. The van der Waals surface area contributed by atoms with Crippen molar-refractivity contribution in [3.63, 3.8) is 0 Å². The second-order valence-corrected chi connectivity index (χ2v) is 2.74. The van der Waals surface area contributed by atoms with E-state index in [0.29, 0.717) is 0 Å². The predicted octanol–water partition coefficient (Wildman–Crippen LogP) is 2.81. The van der Waals surface area contributed by atoms with Crippen molar-refractivity contribution in [3.8, 4) is 17.8 Å². The molecule has 1 aromatic rings. The summed E-state index contributed by atoms with van der Waals surface area (Å²) in [5, 5.41) is 0. The molecule has 0 saturated carbocycles. The van der Waals surface area contributed by atoms with Gasteiger partial charge in [-0.2, -0.15) is 0 Å². The van der Waals surface area contributed by atoms with Crippen LogP contribution in [0.3, 0.4) is 0 Å². The lowest BCUT2D eigenvalue weighted by molar-refractivity contribution is 0.516. The van der Waals surface area contributed by atoms with Gasteiger partial charge in [-0.25, -0.2) is 0 Å². The third kappa shape index (κ3) is 2.28. The summed E-state index contributed by atoms with van der Waals surface area (Å²) in [5.74, 6) is 3.40. The lowest BCUT2D eigenvalue weighted by Gasteiger charge is -1.97. The van der Waals surface area contributed by atoms with Crippen molar-refractivity contribution in [2.24, 2.45) is 0 Å². The van der Waals surface area contributed by atoms with Gasteiger partial charge in [-0.3, -0.25) is 0 Å². The highest BCUT2D eigenvalue weighted by Crippen LogP contribution is 2.23. The fourth-order valence-corrected chi connectivity index (χ4v) is 0.999. The van der Waals surface area contributed by atoms with E-state index in [1.54, 1.807) is 6.92 Å². The average Bonchev–Trinajstić information content (AvgIpc) is 2.03. The first-order valence-corrected chi connectivity index (χ1v) is 3.97. The van der Waals surface area contributed by atoms with Crippen LogP contribution >= 0.6 is 15.9 Å². The number of hydrogen-bond acceptors (Lipinski definition) is 1. The van der Waals surface area contributed by atoms with Gasteiger partial charge in [0.25, 0.3) is 0 Å². The van der Waals surface area contributed by atoms with Gasteiger partial charge >= 0.3 is 0 Å². The molecular weight excluding hydrogens is 204 g/mol. The van der Waals surface area contributed by atoms with Crippen molar-refractivity contribution in [3.05, 3.63) is 28.7 Å². The number of halogens is 1. The van der Waals surface area contributed by atoms with E-state index in [1.807, 2.05) is 24.3 Å². The molecule has 0 bridgehead atoms. The van der Waals surface area contributed by atoms with Crippen LogP contribution in [0.4, 0.5) is 0 Å². The summed E-state index contributed by atoms with van der Waals surface area (Å²) in [6.07, 6.45) is 2.53. The Bertz CT molecular complexity index is 296. The van der Waals surface area contributed by atoms with Crippen LogP contribution < -0.4 is 4.74 Å². The summed E-state index contributed by atoms with van der Waals surface area (Å²) in [6, 6.07) is 7.59. The monoisotopic (exact) mass is 210 g/mol. The second kappa shape index (κ2) is 4.05. The van der Waals surface area contributed by atoms with E-state index in [2.05, 4.69) is 28.0 Å². The Morgan fingerprint density at radius 1 is 1.36 bits per heavy atom. The van der Waals surface area contributed by atoms with E-state index < -0.39 is 0 Å². The lowest BCUT2D eigenvalue weighted by Crippen LogP contribution is -1.82. The standard InChI is InChI=1S/C9H7BrO/c1-2-7-11-9-6-4-3-5-8(9)10/h3-6H,1H3. The third-order valence-electron chi connectivity index (χ3n) is 1.10. The van der Waals surface area contributed by atoms with Crippen molar-refractivity contribution in [2.75, 3.05) is 0 Å². The molecule has 2 heteroatoms. The van der Waals surface area contributed by atoms with Gasteiger partial charge in [0.2, 0.25) is 0 Å². The van der Waals surface area contributed by atoms with Crippen molar-refractivity contribution in [1.82, 2.24) is 0 Å². The first-order valence-electron chi connectivity index (χ1n) is 3.17. The number of rotatable bonds is 1. The molecule has 0 heterocycles. The summed E-state index contributed by atoms with van der Waals surface area (Å²) < 4.78 is 6.00. The largest absolute Gasteiger partial charge is 0.406 e. The van der Waals surface area contributed by atoms with E-state index in [9.17, 15) is 0 Å². The summed E-state index contributed by atoms with van der Waals surface area (Å²) in [5.41, 5.74) is 0. The van der Waals surface area contributed by atoms with Crippen LogP contribution in [0.5, 0.6) is 5.75 Å².